The third-order valence-corrected chi connectivity index (χ3v) is 3.98. The summed E-state index contributed by atoms with van der Waals surface area (Å²) in [5.41, 5.74) is 1.43. The van der Waals surface area contributed by atoms with Gasteiger partial charge in [0.1, 0.15) is 0 Å². The van der Waals surface area contributed by atoms with E-state index in [1.165, 1.54) is 29.4 Å². The van der Waals surface area contributed by atoms with E-state index in [1.807, 2.05) is 0 Å². The molecule has 2 fully saturated rings. The normalized spacial score (nSPS) is 35.1. The minimum atomic E-state index is 0.594. The van der Waals surface area contributed by atoms with Crippen LogP contribution in [-0.2, 0) is 0 Å². The van der Waals surface area contributed by atoms with Gasteiger partial charge in [0.05, 0.1) is 0 Å². The predicted molar refractivity (Wildman–Crippen MR) is 61.1 cm³/mol. The lowest BCUT2D eigenvalue weighted by Crippen LogP contribution is -2.28. The quantitative estimate of drug-likeness (QED) is 0.809. The molecule has 1 aromatic carbocycles. The van der Waals surface area contributed by atoms with E-state index in [9.17, 15) is 0 Å². The fraction of sp³-hybridized carbons (Fsp3) is 0.500. The first kappa shape index (κ1) is 8.93. The first-order chi connectivity index (χ1) is 6.83. The summed E-state index contributed by atoms with van der Waals surface area (Å²) in [6.07, 6.45) is 2.79. The molecule has 2 aliphatic rings. The zero-order valence-electron chi connectivity index (χ0n) is 8.04. The maximum absolute atomic E-state index is 3.63. The lowest BCUT2D eigenvalue weighted by atomic mass is 9.97. The van der Waals surface area contributed by atoms with Crippen LogP contribution in [0.25, 0.3) is 0 Å². The van der Waals surface area contributed by atoms with Crippen molar-refractivity contribution in [2.24, 2.45) is 11.8 Å². The predicted octanol–water partition coefficient (Wildman–Crippen LogP) is 3.12. The highest BCUT2D eigenvalue weighted by atomic mass is 79.9. The lowest BCUT2D eigenvalue weighted by Gasteiger charge is -2.23. The number of hydrogen-bond donors (Lipinski definition) is 1. The van der Waals surface area contributed by atoms with Gasteiger partial charge in [-0.15, -0.1) is 0 Å². The number of hydrogen-bond acceptors (Lipinski definition) is 1. The molecule has 2 heteroatoms. The summed E-state index contributed by atoms with van der Waals surface area (Å²) < 4.78 is 1.19. The summed E-state index contributed by atoms with van der Waals surface area (Å²) in [6, 6.07) is 9.27. The van der Waals surface area contributed by atoms with E-state index in [-0.39, 0.29) is 0 Å². The third kappa shape index (κ3) is 1.61. The second kappa shape index (κ2) is 3.35. The first-order valence-electron chi connectivity index (χ1n) is 5.32. The Bertz CT molecular complexity index is 350. The van der Waals surface area contributed by atoms with Crippen LogP contribution in [-0.4, -0.2) is 6.54 Å². The van der Waals surface area contributed by atoms with Crippen molar-refractivity contribution in [1.82, 2.24) is 5.32 Å². The standard InChI is InChI=1S/C12H14BrN/c13-11-3-1-2-8(5-11)12-6-9-4-10(9)7-14-12/h1-3,5,9-10,12,14H,4,6-7H2. The Kier molecular flexibility index (Phi) is 2.14. The van der Waals surface area contributed by atoms with Gasteiger partial charge < -0.3 is 5.32 Å². The minimum Gasteiger partial charge on any atom is -0.310 e. The molecular formula is C12H14BrN. The molecule has 3 unspecified atom stereocenters. The fourth-order valence-electron chi connectivity index (χ4n) is 2.51. The summed E-state index contributed by atoms with van der Waals surface area (Å²) in [5, 5.41) is 3.63. The Morgan fingerprint density at radius 3 is 2.93 bits per heavy atom. The van der Waals surface area contributed by atoms with Crippen LogP contribution in [0.15, 0.2) is 28.7 Å². The average molecular weight is 252 g/mol. The SMILES string of the molecule is Brc1cccc(C2CC3CC3CN2)c1. The summed E-state index contributed by atoms with van der Waals surface area (Å²) in [7, 11) is 0. The highest BCUT2D eigenvalue weighted by Crippen LogP contribution is 2.47. The molecular weight excluding hydrogens is 238 g/mol. The number of fused-ring (bicyclic) bond motifs is 1. The molecule has 0 radical (unpaired) electrons. The molecule has 0 aromatic heterocycles. The molecule has 74 valence electrons. The molecule has 1 heterocycles. The van der Waals surface area contributed by atoms with Crippen molar-refractivity contribution >= 4 is 15.9 Å². The number of benzene rings is 1. The van der Waals surface area contributed by atoms with Gasteiger partial charge in [-0.05, 0) is 48.9 Å². The molecule has 3 atom stereocenters. The molecule has 14 heavy (non-hydrogen) atoms. The maximum atomic E-state index is 3.63. The molecule has 0 amide bonds. The molecule has 0 bridgehead atoms. The number of piperidine rings is 1. The Balaban J connectivity index is 1.80. The van der Waals surface area contributed by atoms with Gasteiger partial charge in [0, 0.05) is 10.5 Å². The molecule has 1 nitrogen and oxygen atoms in total. The van der Waals surface area contributed by atoms with Gasteiger partial charge in [-0.2, -0.15) is 0 Å². The van der Waals surface area contributed by atoms with Crippen LogP contribution in [0.4, 0.5) is 0 Å². The van der Waals surface area contributed by atoms with Crippen molar-refractivity contribution in [1.29, 1.82) is 0 Å². The van der Waals surface area contributed by atoms with Crippen LogP contribution >= 0.6 is 15.9 Å². The summed E-state index contributed by atoms with van der Waals surface area (Å²) in [4.78, 5) is 0. The average Bonchev–Trinajstić information content (AvgIpc) is 2.95. The largest absolute Gasteiger partial charge is 0.310 e. The second-order valence-electron chi connectivity index (χ2n) is 4.51. The van der Waals surface area contributed by atoms with Crippen molar-refractivity contribution in [3.8, 4) is 0 Å². The molecule has 3 rings (SSSR count). The number of rotatable bonds is 1. The van der Waals surface area contributed by atoms with Crippen LogP contribution in [0.2, 0.25) is 0 Å². The highest BCUT2D eigenvalue weighted by molar-refractivity contribution is 9.10. The van der Waals surface area contributed by atoms with Crippen molar-refractivity contribution in [3.63, 3.8) is 0 Å². The van der Waals surface area contributed by atoms with Crippen molar-refractivity contribution in [2.45, 2.75) is 18.9 Å². The van der Waals surface area contributed by atoms with Gasteiger partial charge in [-0.25, -0.2) is 0 Å². The molecule has 1 aliphatic heterocycles. The molecule has 1 saturated heterocycles. The maximum Gasteiger partial charge on any atom is 0.0323 e. The van der Waals surface area contributed by atoms with E-state index in [0.29, 0.717) is 6.04 Å². The van der Waals surface area contributed by atoms with Crippen molar-refractivity contribution < 1.29 is 0 Å². The molecule has 1 N–H and O–H groups in total. The number of halogens is 1. The van der Waals surface area contributed by atoms with Gasteiger partial charge in [0.25, 0.3) is 0 Å². The van der Waals surface area contributed by atoms with E-state index in [4.69, 9.17) is 0 Å². The summed E-state index contributed by atoms with van der Waals surface area (Å²) >= 11 is 3.53. The Hall–Kier alpha value is -0.340. The Labute approximate surface area is 93.0 Å². The topological polar surface area (TPSA) is 12.0 Å². The van der Waals surface area contributed by atoms with Crippen molar-refractivity contribution in [2.75, 3.05) is 6.54 Å². The summed E-state index contributed by atoms with van der Waals surface area (Å²) in [5.74, 6) is 2.01. The van der Waals surface area contributed by atoms with Crippen LogP contribution in [0.5, 0.6) is 0 Å². The first-order valence-corrected chi connectivity index (χ1v) is 6.11. The molecule has 1 aliphatic carbocycles. The van der Waals surface area contributed by atoms with E-state index in [0.717, 1.165) is 11.8 Å². The second-order valence-corrected chi connectivity index (χ2v) is 5.42. The Morgan fingerprint density at radius 2 is 2.14 bits per heavy atom. The van der Waals surface area contributed by atoms with E-state index >= 15 is 0 Å². The fourth-order valence-corrected chi connectivity index (χ4v) is 2.92. The van der Waals surface area contributed by atoms with E-state index in [1.54, 1.807) is 0 Å². The van der Waals surface area contributed by atoms with Crippen molar-refractivity contribution in [3.05, 3.63) is 34.3 Å². The zero-order valence-corrected chi connectivity index (χ0v) is 9.63. The molecule has 1 saturated carbocycles. The molecule has 0 spiro atoms. The third-order valence-electron chi connectivity index (χ3n) is 3.48. The zero-order chi connectivity index (χ0) is 9.54. The van der Waals surface area contributed by atoms with Crippen LogP contribution < -0.4 is 5.32 Å². The van der Waals surface area contributed by atoms with Gasteiger partial charge >= 0.3 is 0 Å². The van der Waals surface area contributed by atoms with Gasteiger partial charge in [0.15, 0.2) is 0 Å². The van der Waals surface area contributed by atoms with Gasteiger partial charge in [-0.3, -0.25) is 0 Å². The lowest BCUT2D eigenvalue weighted by molar-refractivity contribution is 0.395. The number of nitrogens with one attached hydrogen (secondary N) is 1. The minimum absolute atomic E-state index is 0.594. The van der Waals surface area contributed by atoms with Gasteiger partial charge in [-0.1, -0.05) is 28.1 Å². The molecule has 1 aromatic rings. The van der Waals surface area contributed by atoms with Crippen LogP contribution in [0.1, 0.15) is 24.4 Å². The monoisotopic (exact) mass is 251 g/mol. The van der Waals surface area contributed by atoms with Crippen LogP contribution in [0, 0.1) is 11.8 Å². The highest BCUT2D eigenvalue weighted by Gasteiger charge is 2.42. The summed E-state index contributed by atoms with van der Waals surface area (Å²) in [6.45, 7) is 1.22. The van der Waals surface area contributed by atoms with E-state index in [2.05, 4.69) is 45.5 Å². The Morgan fingerprint density at radius 1 is 1.21 bits per heavy atom. The van der Waals surface area contributed by atoms with Gasteiger partial charge in [0.2, 0.25) is 0 Å². The van der Waals surface area contributed by atoms with Crippen LogP contribution in [0.3, 0.4) is 0 Å². The smallest absolute Gasteiger partial charge is 0.0323 e. The van der Waals surface area contributed by atoms with E-state index < -0.39 is 0 Å².